The lowest BCUT2D eigenvalue weighted by Crippen LogP contribution is -2.25. The minimum atomic E-state index is -0.929. The van der Waals surface area contributed by atoms with Gasteiger partial charge in [-0.15, -0.1) is 12.4 Å². The second-order valence-corrected chi connectivity index (χ2v) is 2.51. The van der Waals surface area contributed by atoms with Gasteiger partial charge in [0.15, 0.2) is 6.10 Å². The highest BCUT2D eigenvalue weighted by Crippen LogP contribution is 1.97. The first-order chi connectivity index (χ1) is 6.22. The zero-order chi connectivity index (χ0) is 10.1. The van der Waals surface area contributed by atoms with E-state index >= 15 is 0 Å². The van der Waals surface area contributed by atoms with Crippen LogP contribution in [0.5, 0.6) is 0 Å². The van der Waals surface area contributed by atoms with Crippen molar-refractivity contribution in [2.24, 2.45) is 5.73 Å². The molecule has 14 heavy (non-hydrogen) atoms. The van der Waals surface area contributed by atoms with E-state index in [1.807, 2.05) is 0 Å². The molecule has 0 radical (unpaired) electrons. The maximum absolute atomic E-state index is 10.5. The van der Waals surface area contributed by atoms with Gasteiger partial charge in [-0.25, -0.2) is 4.79 Å². The third-order valence-electron chi connectivity index (χ3n) is 1.46. The molecule has 0 aromatic rings. The van der Waals surface area contributed by atoms with Crippen molar-refractivity contribution in [3.63, 3.8) is 0 Å². The molecule has 0 saturated carbocycles. The molecule has 0 fully saturated rings. The highest BCUT2D eigenvalue weighted by atomic mass is 35.5. The molecule has 3 N–H and O–H groups in total. The number of nitrogens with two attached hydrogens (primary N) is 1. The molecule has 5 nitrogen and oxygen atoms in total. The molecule has 0 amide bonds. The first kappa shape index (κ1) is 16.1. The van der Waals surface area contributed by atoms with Gasteiger partial charge in [-0.3, -0.25) is 0 Å². The maximum Gasteiger partial charge on any atom is 0.332 e. The molecule has 0 aliphatic rings. The molecular weight excluding hydrogens is 210 g/mol. The van der Waals surface area contributed by atoms with Gasteiger partial charge in [0.2, 0.25) is 0 Å². The van der Waals surface area contributed by atoms with Crippen LogP contribution in [0.3, 0.4) is 0 Å². The van der Waals surface area contributed by atoms with Crippen LogP contribution in [0.2, 0.25) is 0 Å². The molecule has 0 aromatic heterocycles. The van der Waals surface area contributed by atoms with Crippen LogP contribution < -0.4 is 5.73 Å². The normalized spacial score (nSPS) is 11.9. The van der Waals surface area contributed by atoms with Gasteiger partial charge in [-0.05, 0) is 6.42 Å². The zero-order valence-electron chi connectivity index (χ0n) is 8.27. The highest BCUT2D eigenvalue weighted by molar-refractivity contribution is 5.85. The van der Waals surface area contributed by atoms with Crippen molar-refractivity contribution >= 4 is 18.4 Å². The van der Waals surface area contributed by atoms with Crippen molar-refractivity contribution in [3.05, 3.63) is 0 Å². The molecule has 0 rings (SSSR count). The van der Waals surface area contributed by atoms with E-state index in [4.69, 9.17) is 20.3 Å². The van der Waals surface area contributed by atoms with Gasteiger partial charge in [0, 0.05) is 6.54 Å². The summed E-state index contributed by atoms with van der Waals surface area (Å²) in [6.07, 6.45) is -0.256. The van der Waals surface area contributed by atoms with Crippen molar-refractivity contribution in [2.45, 2.75) is 19.4 Å². The Kier molecular flexibility index (Phi) is 12.3. The average Bonchev–Trinajstić information content (AvgIpc) is 2.10. The van der Waals surface area contributed by atoms with Crippen LogP contribution in [0.4, 0.5) is 0 Å². The summed E-state index contributed by atoms with van der Waals surface area (Å²) in [4.78, 5) is 10.5. The molecule has 0 spiro atoms. The van der Waals surface area contributed by atoms with Crippen LogP contribution in [0.1, 0.15) is 13.3 Å². The molecule has 0 heterocycles. The Morgan fingerprint density at radius 1 is 1.43 bits per heavy atom. The lowest BCUT2D eigenvalue weighted by Gasteiger charge is -2.10. The Balaban J connectivity index is 0. The quantitative estimate of drug-likeness (QED) is 0.582. The van der Waals surface area contributed by atoms with Crippen molar-refractivity contribution < 1.29 is 19.4 Å². The Labute approximate surface area is 90.0 Å². The lowest BCUT2D eigenvalue weighted by atomic mass is 10.3. The number of halogens is 1. The van der Waals surface area contributed by atoms with Crippen LogP contribution in [0.25, 0.3) is 0 Å². The summed E-state index contributed by atoms with van der Waals surface area (Å²) >= 11 is 0. The Morgan fingerprint density at radius 3 is 2.50 bits per heavy atom. The Bertz CT molecular complexity index is 145. The van der Waals surface area contributed by atoms with E-state index in [2.05, 4.69) is 0 Å². The number of rotatable bonds is 8. The van der Waals surface area contributed by atoms with Gasteiger partial charge < -0.3 is 20.3 Å². The molecule has 6 heteroatoms. The van der Waals surface area contributed by atoms with Gasteiger partial charge in [0.25, 0.3) is 0 Å². The molecule has 0 saturated heterocycles. The average molecular weight is 228 g/mol. The molecule has 0 aliphatic heterocycles. The van der Waals surface area contributed by atoms with E-state index < -0.39 is 12.1 Å². The standard InChI is InChI=1S/C8H17NO4.ClH/c1-2-7(8(10)11)13-6-5-12-4-3-9;/h7H,2-6,9H2,1H3,(H,10,11);1H. The first-order valence-electron chi connectivity index (χ1n) is 4.34. The van der Waals surface area contributed by atoms with E-state index in [9.17, 15) is 4.79 Å². The largest absolute Gasteiger partial charge is 0.479 e. The second-order valence-electron chi connectivity index (χ2n) is 2.51. The number of hydrogen-bond acceptors (Lipinski definition) is 4. The summed E-state index contributed by atoms with van der Waals surface area (Å²) in [6, 6.07) is 0. The number of carbonyl (C=O) groups is 1. The number of aliphatic carboxylic acids is 1. The Hall–Kier alpha value is -0.360. The van der Waals surface area contributed by atoms with Crippen molar-refractivity contribution in [1.82, 2.24) is 0 Å². The fourth-order valence-corrected chi connectivity index (χ4v) is 0.798. The molecule has 0 bridgehead atoms. The van der Waals surface area contributed by atoms with Gasteiger partial charge in [-0.2, -0.15) is 0 Å². The van der Waals surface area contributed by atoms with Crippen molar-refractivity contribution in [3.8, 4) is 0 Å². The topological polar surface area (TPSA) is 81.8 Å². The fourth-order valence-electron chi connectivity index (χ4n) is 0.798. The van der Waals surface area contributed by atoms with Gasteiger partial charge >= 0.3 is 5.97 Å². The number of ether oxygens (including phenoxy) is 2. The summed E-state index contributed by atoms with van der Waals surface area (Å²) < 4.78 is 10.0. The van der Waals surface area contributed by atoms with Gasteiger partial charge in [0.1, 0.15) is 0 Å². The van der Waals surface area contributed by atoms with Crippen molar-refractivity contribution in [1.29, 1.82) is 0 Å². The number of carboxylic acid groups (broad SMARTS) is 1. The first-order valence-corrected chi connectivity index (χ1v) is 4.34. The monoisotopic (exact) mass is 227 g/mol. The van der Waals surface area contributed by atoms with Crippen LogP contribution in [-0.4, -0.2) is 43.5 Å². The van der Waals surface area contributed by atoms with Crippen molar-refractivity contribution in [2.75, 3.05) is 26.4 Å². The zero-order valence-corrected chi connectivity index (χ0v) is 9.09. The summed E-state index contributed by atoms with van der Waals surface area (Å²) in [5, 5.41) is 8.59. The van der Waals surface area contributed by atoms with Crippen LogP contribution in [0, 0.1) is 0 Å². The molecule has 0 aliphatic carbocycles. The summed E-state index contributed by atoms with van der Waals surface area (Å²) in [7, 11) is 0. The second kappa shape index (κ2) is 10.7. The van der Waals surface area contributed by atoms with E-state index in [1.54, 1.807) is 6.92 Å². The minimum absolute atomic E-state index is 0. The fraction of sp³-hybridized carbons (Fsp3) is 0.875. The molecular formula is C8H18ClNO4. The summed E-state index contributed by atoms with van der Waals surface area (Å²) in [5.74, 6) is -0.929. The molecule has 0 aromatic carbocycles. The van der Waals surface area contributed by atoms with Crippen LogP contribution >= 0.6 is 12.4 Å². The van der Waals surface area contributed by atoms with E-state index in [0.717, 1.165) is 0 Å². The van der Waals surface area contributed by atoms with E-state index in [-0.39, 0.29) is 12.4 Å². The summed E-state index contributed by atoms with van der Waals surface area (Å²) in [6.45, 7) is 3.40. The highest BCUT2D eigenvalue weighted by Gasteiger charge is 2.14. The van der Waals surface area contributed by atoms with E-state index in [1.165, 1.54) is 0 Å². The smallest absolute Gasteiger partial charge is 0.332 e. The molecule has 86 valence electrons. The predicted molar refractivity (Wildman–Crippen MR) is 54.8 cm³/mol. The predicted octanol–water partition coefficient (Wildman–Crippen LogP) is 0.263. The minimum Gasteiger partial charge on any atom is -0.479 e. The Morgan fingerprint density at radius 2 is 2.07 bits per heavy atom. The third kappa shape index (κ3) is 8.25. The van der Waals surface area contributed by atoms with Gasteiger partial charge in [-0.1, -0.05) is 6.92 Å². The lowest BCUT2D eigenvalue weighted by molar-refractivity contribution is -0.151. The van der Waals surface area contributed by atoms with Crippen LogP contribution in [-0.2, 0) is 14.3 Å². The van der Waals surface area contributed by atoms with Gasteiger partial charge in [0.05, 0.1) is 19.8 Å². The van der Waals surface area contributed by atoms with E-state index in [0.29, 0.717) is 32.8 Å². The number of hydrogen-bond donors (Lipinski definition) is 2. The van der Waals surface area contributed by atoms with Crippen LogP contribution in [0.15, 0.2) is 0 Å². The number of carboxylic acids is 1. The maximum atomic E-state index is 10.5. The third-order valence-corrected chi connectivity index (χ3v) is 1.46. The SMILES string of the molecule is CCC(OCCOCCN)C(=O)O.Cl. The summed E-state index contributed by atoms with van der Waals surface area (Å²) in [5.41, 5.74) is 5.19. The molecule has 1 atom stereocenters. The molecule has 1 unspecified atom stereocenters.